The van der Waals surface area contributed by atoms with E-state index in [0.717, 1.165) is 0 Å². The third-order valence-corrected chi connectivity index (χ3v) is 3.76. The summed E-state index contributed by atoms with van der Waals surface area (Å²) < 4.78 is 10.4. The Labute approximate surface area is 137 Å². The van der Waals surface area contributed by atoms with Gasteiger partial charge in [0.05, 0.1) is 22.2 Å². The van der Waals surface area contributed by atoms with Gasteiger partial charge in [-0.15, -0.1) is 0 Å². The maximum atomic E-state index is 12.0. The number of ether oxygens (including phenoxy) is 2. The van der Waals surface area contributed by atoms with Crippen LogP contribution in [0, 0.1) is 0 Å². The molecule has 6 heteroatoms. The van der Waals surface area contributed by atoms with Crippen molar-refractivity contribution in [2.75, 3.05) is 13.7 Å². The average molecular weight is 346 g/mol. The van der Waals surface area contributed by atoms with E-state index >= 15 is 0 Å². The largest absolute Gasteiger partial charge is 0.497 e. The Hall–Kier alpha value is -1.42. The first-order valence-electron chi connectivity index (χ1n) is 5.96. The van der Waals surface area contributed by atoms with Crippen LogP contribution in [0.1, 0.15) is 10.4 Å². The number of Topliss-reactive ketones (excluding diaryl/α,β-unsaturated/α-hetero) is 1. The lowest BCUT2D eigenvalue weighted by Gasteiger charge is -2.09. The first-order valence-corrected chi connectivity index (χ1v) is 7.09. The Kier molecular flexibility index (Phi) is 5.34. The molecule has 0 aliphatic heterocycles. The number of hydrogen-bond donors (Lipinski definition) is 0. The minimum absolute atomic E-state index is 0.149. The quantitative estimate of drug-likeness (QED) is 0.570. The van der Waals surface area contributed by atoms with Crippen molar-refractivity contribution in [3.05, 3.63) is 57.0 Å². The topological polar surface area (TPSA) is 35.5 Å². The highest BCUT2D eigenvalue weighted by atomic mass is 35.5. The van der Waals surface area contributed by atoms with Crippen LogP contribution in [0.5, 0.6) is 11.5 Å². The van der Waals surface area contributed by atoms with Gasteiger partial charge >= 0.3 is 0 Å². The zero-order valence-corrected chi connectivity index (χ0v) is 13.3. The summed E-state index contributed by atoms with van der Waals surface area (Å²) in [5, 5.41) is 0.940. The SMILES string of the molecule is COc1ccc(C(=O)COc2cc(Cl)c(Cl)cc2Cl)cc1. The zero-order chi connectivity index (χ0) is 15.4. The van der Waals surface area contributed by atoms with Crippen molar-refractivity contribution in [3.63, 3.8) is 0 Å². The standard InChI is InChI=1S/C15H11Cl3O3/c1-20-10-4-2-9(3-5-10)14(19)8-21-15-7-12(17)11(16)6-13(15)18/h2-7H,8H2,1H3. The van der Waals surface area contributed by atoms with Crippen LogP contribution in [0.3, 0.4) is 0 Å². The Balaban J connectivity index is 2.05. The van der Waals surface area contributed by atoms with Crippen LogP contribution >= 0.6 is 34.8 Å². The summed E-state index contributed by atoms with van der Waals surface area (Å²) in [7, 11) is 1.56. The average Bonchev–Trinajstić information content (AvgIpc) is 2.49. The van der Waals surface area contributed by atoms with Gasteiger partial charge < -0.3 is 9.47 Å². The van der Waals surface area contributed by atoms with E-state index in [4.69, 9.17) is 44.3 Å². The minimum atomic E-state index is -0.181. The maximum Gasteiger partial charge on any atom is 0.200 e. The van der Waals surface area contributed by atoms with Crippen LogP contribution in [0.15, 0.2) is 36.4 Å². The van der Waals surface area contributed by atoms with Crippen LogP contribution in [0.4, 0.5) is 0 Å². The van der Waals surface area contributed by atoms with Gasteiger partial charge in [-0.1, -0.05) is 34.8 Å². The number of rotatable bonds is 5. The minimum Gasteiger partial charge on any atom is -0.497 e. The van der Waals surface area contributed by atoms with E-state index < -0.39 is 0 Å². The number of methoxy groups -OCH3 is 1. The van der Waals surface area contributed by atoms with E-state index in [2.05, 4.69) is 0 Å². The second kappa shape index (κ2) is 7.03. The van der Waals surface area contributed by atoms with Gasteiger partial charge in [0, 0.05) is 11.6 Å². The molecule has 0 saturated heterocycles. The van der Waals surface area contributed by atoms with E-state index in [0.29, 0.717) is 32.1 Å². The summed E-state index contributed by atoms with van der Waals surface area (Å²) in [6.45, 7) is -0.149. The molecule has 0 bridgehead atoms. The van der Waals surface area contributed by atoms with E-state index in [9.17, 15) is 4.79 Å². The van der Waals surface area contributed by atoms with Gasteiger partial charge in [0.15, 0.2) is 12.4 Å². The number of benzene rings is 2. The summed E-state index contributed by atoms with van der Waals surface area (Å²) in [6, 6.07) is 9.70. The second-order valence-electron chi connectivity index (χ2n) is 4.14. The summed E-state index contributed by atoms with van der Waals surface area (Å²) in [4.78, 5) is 12.0. The Bertz CT molecular complexity index is 654. The molecular weight excluding hydrogens is 335 g/mol. The fourth-order valence-electron chi connectivity index (χ4n) is 1.62. The van der Waals surface area contributed by atoms with Gasteiger partial charge in [-0.2, -0.15) is 0 Å². The van der Waals surface area contributed by atoms with Crippen molar-refractivity contribution < 1.29 is 14.3 Å². The molecule has 0 radical (unpaired) electrons. The molecule has 21 heavy (non-hydrogen) atoms. The lowest BCUT2D eigenvalue weighted by atomic mass is 10.1. The van der Waals surface area contributed by atoms with Crippen LogP contribution in [-0.2, 0) is 0 Å². The number of halogens is 3. The lowest BCUT2D eigenvalue weighted by molar-refractivity contribution is 0.0921. The molecule has 0 spiro atoms. The Morgan fingerprint density at radius 3 is 2.24 bits per heavy atom. The van der Waals surface area contributed by atoms with Gasteiger partial charge in [-0.25, -0.2) is 0 Å². The number of ketones is 1. The van der Waals surface area contributed by atoms with Crippen molar-refractivity contribution in [2.45, 2.75) is 0 Å². The molecule has 0 saturated carbocycles. The summed E-state index contributed by atoms with van der Waals surface area (Å²) >= 11 is 17.7. The van der Waals surface area contributed by atoms with E-state index in [-0.39, 0.29) is 12.4 Å². The molecule has 0 aromatic heterocycles. The van der Waals surface area contributed by atoms with Crippen LogP contribution in [0.2, 0.25) is 15.1 Å². The Morgan fingerprint density at radius 1 is 1.00 bits per heavy atom. The molecule has 0 aliphatic rings. The van der Waals surface area contributed by atoms with Crippen molar-refractivity contribution in [3.8, 4) is 11.5 Å². The van der Waals surface area contributed by atoms with Crippen LogP contribution < -0.4 is 9.47 Å². The fraction of sp³-hybridized carbons (Fsp3) is 0.133. The molecule has 0 aliphatic carbocycles. The number of carbonyl (C=O) groups excluding carboxylic acids is 1. The third kappa shape index (κ3) is 4.03. The predicted octanol–water partition coefficient (Wildman–Crippen LogP) is 4.92. The molecule has 0 fully saturated rings. The predicted molar refractivity (Wildman–Crippen MR) is 84.3 cm³/mol. The second-order valence-corrected chi connectivity index (χ2v) is 5.36. The molecule has 0 unspecified atom stereocenters. The van der Waals surface area contributed by atoms with Gasteiger partial charge in [0.1, 0.15) is 11.5 Å². The first kappa shape index (κ1) is 16.0. The summed E-state index contributed by atoms with van der Waals surface area (Å²) in [5.74, 6) is 0.813. The van der Waals surface area contributed by atoms with Crippen LogP contribution in [-0.4, -0.2) is 19.5 Å². The molecule has 3 nitrogen and oxygen atoms in total. The zero-order valence-electron chi connectivity index (χ0n) is 11.0. The molecule has 0 heterocycles. The normalized spacial score (nSPS) is 10.3. The van der Waals surface area contributed by atoms with E-state index in [1.54, 1.807) is 31.4 Å². The fourth-order valence-corrected chi connectivity index (χ4v) is 2.21. The van der Waals surface area contributed by atoms with Crippen molar-refractivity contribution in [1.82, 2.24) is 0 Å². The highest BCUT2D eigenvalue weighted by Crippen LogP contribution is 2.33. The molecule has 0 atom stereocenters. The number of carbonyl (C=O) groups is 1. The highest BCUT2D eigenvalue weighted by molar-refractivity contribution is 6.43. The van der Waals surface area contributed by atoms with Crippen LogP contribution in [0.25, 0.3) is 0 Å². The van der Waals surface area contributed by atoms with E-state index in [1.807, 2.05) is 0 Å². The molecule has 0 amide bonds. The smallest absolute Gasteiger partial charge is 0.200 e. The molecule has 2 rings (SSSR count). The monoisotopic (exact) mass is 344 g/mol. The van der Waals surface area contributed by atoms with Gasteiger partial charge in [0.25, 0.3) is 0 Å². The Morgan fingerprint density at radius 2 is 1.62 bits per heavy atom. The lowest BCUT2D eigenvalue weighted by Crippen LogP contribution is -2.11. The molecule has 2 aromatic rings. The summed E-state index contributed by atoms with van der Waals surface area (Å²) in [5.41, 5.74) is 0.520. The van der Waals surface area contributed by atoms with Crippen molar-refractivity contribution >= 4 is 40.6 Å². The molecule has 0 N–H and O–H groups in total. The van der Waals surface area contributed by atoms with Gasteiger partial charge in [0.2, 0.25) is 0 Å². The van der Waals surface area contributed by atoms with E-state index in [1.165, 1.54) is 12.1 Å². The highest BCUT2D eigenvalue weighted by Gasteiger charge is 2.11. The van der Waals surface area contributed by atoms with Crippen molar-refractivity contribution in [1.29, 1.82) is 0 Å². The van der Waals surface area contributed by atoms with Gasteiger partial charge in [-0.3, -0.25) is 4.79 Å². The number of hydrogen-bond acceptors (Lipinski definition) is 3. The van der Waals surface area contributed by atoms with Crippen molar-refractivity contribution in [2.24, 2.45) is 0 Å². The molecule has 2 aromatic carbocycles. The summed E-state index contributed by atoms with van der Waals surface area (Å²) in [6.07, 6.45) is 0. The first-order chi connectivity index (χ1) is 10.0. The van der Waals surface area contributed by atoms with Gasteiger partial charge in [-0.05, 0) is 30.3 Å². The molecular formula is C15H11Cl3O3. The third-order valence-electron chi connectivity index (χ3n) is 2.75. The molecule has 110 valence electrons. The maximum absolute atomic E-state index is 12.0.